The van der Waals surface area contributed by atoms with Crippen LogP contribution in [0.25, 0.3) is 0 Å². The minimum atomic E-state index is -0.488. The molecule has 4 nitrogen and oxygen atoms in total. The number of nitrogens with zero attached hydrogens (tertiary/aromatic N) is 1. The maximum absolute atomic E-state index is 12.9. The molecule has 2 aromatic carbocycles. The SMILES string of the molecule is CCCNC(=O)[C@@H](C)N(Cc1ccccc1)C(=O)CCSCc1ccccc1. The first-order valence-electron chi connectivity index (χ1n) is 9.84. The van der Waals surface area contributed by atoms with Crippen molar-refractivity contribution in [2.45, 2.75) is 45.0 Å². The molecular weight excluding hydrogens is 368 g/mol. The molecule has 0 aliphatic carbocycles. The van der Waals surface area contributed by atoms with Gasteiger partial charge in [0.05, 0.1) is 0 Å². The van der Waals surface area contributed by atoms with Gasteiger partial charge in [0, 0.05) is 31.0 Å². The van der Waals surface area contributed by atoms with Gasteiger partial charge in [-0.1, -0.05) is 67.6 Å². The molecule has 0 spiro atoms. The van der Waals surface area contributed by atoms with Crippen LogP contribution >= 0.6 is 11.8 Å². The molecule has 1 N–H and O–H groups in total. The van der Waals surface area contributed by atoms with Crippen molar-refractivity contribution in [1.82, 2.24) is 10.2 Å². The Labute approximate surface area is 172 Å². The molecule has 0 bridgehead atoms. The lowest BCUT2D eigenvalue weighted by molar-refractivity contribution is -0.140. The fourth-order valence-electron chi connectivity index (χ4n) is 2.83. The van der Waals surface area contributed by atoms with Gasteiger partial charge in [0.2, 0.25) is 11.8 Å². The minimum Gasteiger partial charge on any atom is -0.354 e. The second-order valence-electron chi connectivity index (χ2n) is 6.76. The highest BCUT2D eigenvalue weighted by atomic mass is 32.2. The van der Waals surface area contributed by atoms with Gasteiger partial charge in [0.15, 0.2) is 0 Å². The van der Waals surface area contributed by atoms with Gasteiger partial charge in [0.1, 0.15) is 6.04 Å². The van der Waals surface area contributed by atoms with Gasteiger partial charge < -0.3 is 10.2 Å². The summed E-state index contributed by atoms with van der Waals surface area (Å²) in [5.41, 5.74) is 2.29. The highest BCUT2D eigenvalue weighted by molar-refractivity contribution is 7.98. The van der Waals surface area contributed by atoms with E-state index in [2.05, 4.69) is 17.4 Å². The molecule has 28 heavy (non-hydrogen) atoms. The Bertz CT molecular complexity index is 722. The Morgan fingerprint density at radius 2 is 1.61 bits per heavy atom. The highest BCUT2D eigenvalue weighted by Gasteiger charge is 2.25. The number of rotatable bonds is 11. The molecular formula is C23H30N2O2S. The third-order valence-corrected chi connectivity index (χ3v) is 5.51. The summed E-state index contributed by atoms with van der Waals surface area (Å²) in [6, 6.07) is 19.6. The third-order valence-electron chi connectivity index (χ3n) is 4.48. The van der Waals surface area contributed by atoms with Crippen molar-refractivity contribution in [3.8, 4) is 0 Å². The topological polar surface area (TPSA) is 49.4 Å². The fourth-order valence-corrected chi connectivity index (χ4v) is 3.72. The Kier molecular flexibility index (Phi) is 9.63. The standard InChI is InChI=1S/C23H30N2O2S/c1-3-15-24-23(27)19(2)25(17-20-10-6-4-7-11-20)22(26)14-16-28-18-21-12-8-5-9-13-21/h4-13,19H,3,14-18H2,1-2H3,(H,24,27)/t19-/m1/s1. The number of hydrogen-bond acceptors (Lipinski definition) is 3. The van der Waals surface area contributed by atoms with Crippen molar-refractivity contribution >= 4 is 23.6 Å². The minimum absolute atomic E-state index is 0.0172. The fraction of sp³-hybridized carbons (Fsp3) is 0.391. The summed E-state index contributed by atoms with van der Waals surface area (Å²) < 4.78 is 0. The Balaban J connectivity index is 1.94. The van der Waals surface area contributed by atoms with E-state index in [4.69, 9.17) is 0 Å². The van der Waals surface area contributed by atoms with E-state index < -0.39 is 6.04 Å². The molecule has 0 radical (unpaired) electrons. The van der Waals surface area contributed by atoms with E-state index in [0.29, 0.717) is 19.5 Å². The number of hydrogen-bond donors (Lipinski definition) is 1. The monoisotopic (exact) mass is 398 g/mol. The van der Waals surface area contributed by atoms with Crippen LogP contribution in [0.2, 0.25) is 0 Å². The molecule has 0 aliphatic heterocycles. The van der Waals surface area contributed by atoms with Crippen LogP contribution < -0.4 is 5.32 Å². The van der Waals surface area contributed by atoms with Gasteiger partial charge in [-0.2, -0.15) is 11.8 Å². The molecule has 0 heterocycles. The van der Waals surface area contributed by atoms with E-state index in [1.54, 1.807) is 16.7 Å². The quantitative estimate of drug-likeness (QED) is 0.576. The van der Waals surface area contributed by atoms with Crippen LogP contribution in [0.15, 0.2) is 60.7 Å². The summed E-state index contributed by atoms with van der Waals surface area (Å²) in [5.74, 6) is 1.55. The summed E-state index contributed by atoms with van der Waals surface area (Å²) in [6.07, 6.45) is 1.30. The van der Waals surface area contributed by atoms with Crippen LogP contribution in [0.5, 0.6) is 0 Å². The van der Waals surface area contributed by atoms with Crippen molar-refractivity contribution in [3.05, 3.63) is 71.8 Å². The first-order chi connectivity index (χ1) is 13.6. The lowest BCUT2D eigenvalue weighted by atomic mass is 10.1. The van der Waals surface area contributed by atoms with Crippen LogP contribution in [0.4, 0.5) is 0 Å². The van der Waals surface area contributed by atoms with E-state index in [-0.39, 0.29) is 11.8 Å². The highest BCUT2D eigenvalue weighted by Crippen LogP contribution is 2.16. The molecule has 0 saturated heterocycles. The van der Waals surface area contributed by atoms with Gasteiger partial charge in [-0.15, -0.1) is 0 Å². The van der Waals surface area contributed by atoms with Crippen LogP contribution in [0.3, 0.4) is 0 Å². The van der Waals surface area contributed by atoms with Gasteiger partial charge in [-0.25, -0.2) is 0 Å². The van der Waals surface area contributed by atoms with Crippen molar-refractivity contribution < 1.29 is 9.59 Å². The number of amides is 2. The molecule has 2 rings (SSSR count). The molecule has 5 heteroatoms. The normalized spacial score (nSPS) is 11.6. The number of carbonyl (C=O) groups excluding carboxylic acids is 2. The summed E-state index contributed by atoms with van der Waals surface area (Å²) in [6.45, 7) is 4.90. The van der Waals surface area contributed by atoms with Crippen LogP contribution in [-0.4, -0.2) is 35.1 Å². The zero-order valence-corrected chi connectivity index (χ0v) is 17.6. The molecule has 150 valence electrons. The maximum atomic E-state index is 12.9. The third kappa shape index (κ3) is 7.39. The van der Waals surface area contributed by atoms with E-state index >= 15 is 0 Å². The van der Waals surface area contributed by atoms with E-state index in [9.17, 15) is 9.59 Å². The summed E-state index contributed by atoms with van der Waals surface area (Å²) in [7, 11) is 0. The smallest absolute Gasteiger partial charge is 0.242 e. The molecule has 0 unspecified atom stereocenters. The molecule has 1 atom stereocenters. The predicted octanol–water partition coefficient (Wildman–Crippen LogP) is 4.25. The van der Waals surface area contributed by atoms with Crippen LogP contribution in [-0.2, 0) is 21.9 Å². The van der Waals surface area contributed by atoms with E-state index in [1.807, 2.05) is 62.4 Å². The lowest BCUT2D eigenvalue weighted by Gasteiger charge is -2.29. The number of thioether (sulfide) groups is 1. The number of carbonyl (C=O) groups is 2. The zero-order valence-electron chi connectivity index (χ0n) is 16.8. The molecule has 2 aromatic rings. The van der Waals surface area contributed by atoms with Crippen molar-refractivity contribution in [3.63, 3.8) is 0 Å². The van der Waals surface area contributed by atoms with Gasteiger partial charge in [-0.05, 0) is 24.5 Å². The molecule has 0 aliphatic rings. The molecule has 2 amide bonds. The van der Waals surface area contributed by atoms with Crippen molar-refractivity contribution in [2.75, 3.05) is 12.3 Å². The van der Waals surface area contributed by atoms with Crippen molar-refractivity contribution in [2.24, 2.45) is 0 Å². The second kappa shape index (κ2) is 12.2. The molecule has 0 saturated carbocycles. The number of benzene rings is 2. The largest absolute Gasteiger partial charge is 0.354 e. The summed E-state index contributed by atoms with van der Waals surface area (Å²) >= 11 is 1.74. The zero-order chi connectivity index (χ0) is 20.2. The Morgan fingerprint density at radius 3 is 2.21 bits per heavy atom. The average molecular weight is 399 g/mol. The van der Waals surface area contributed by atoms with E-state index in [1.165, 1.54) is 5.56 Å². The molecule has 0 aromatic heterocycles. The first kappa shape index (κ1) is 22.0. The van der Waals surface area contributed by atoms with E-state index in [0.717, 1.165) is 23.5 Å². The van der Waals surface area contributed by atoms with Crippen LogP contribution in [0, 0.1) is 0 Å². The summed E-state index contributed by atoms with van der Waals surface area (Å²) in [5, 5.41) is 2.90. The van der Waals surface area contributed by atoms with Crippen LogP contribution in [0.1, 0.15) is 37.8 Å². The second-order valence-corrected chi connectivity index (χ2v) is 7.87. The Morgan fingerprint density at radius 1 is 1.00 bits per heavy atom. The predicted molar refractivity (Wildman–Crippen MR) is 117 cm³/mol. The van der Waals surface area contributed by atoms with Gasteiger partial charge >= 0.3 is 0 Å². The van der Waals surface area contributed by atoms with Gasteiger partial charge in [0.25, 0.3) is 0 Å². The Hall–Kier alpha value is -2.27. The van der Waals surface area contributed by atoms with Crippen molar-refractivity contribution in [1.29, 1.82) is 0 Å². The molecule has 0 fully saturated rings. The maximum Gasteiger partial charge on any atom is 0.242 e. The lowest BCUT2D eigenvalue weighted by Crippen LogP contribution is -2.47. The number of nitrogens with one attached hydrogen (secondary N) is 1. The first-order valence-corrected chi connectivity index (χ1v) is 11.0. The van der Waals surface area contributed by atoms with Gasteiger partial charge in [-0.3, -0.25) is 9.59 Å². The summed E-state index contributed by atoms with van der Waals surface area (Å²) in [4.78, 5) is 27.1. The average Bonchev–Trinajstić information content (AvgIpc) is 2.74.